The maximum atomic E-state index is 12.1. The van der Waals surface area contributed by atoms with Gasteiger partial charge in [-0.2, -0.15) is 5.10 Å². The number of fused-ring (bicyclic) bond motifs is 1. The number of aromatic nitrogens is 2. The molecular weight excluding hydrogens is 388 g/mol. The van der Waals surface area contributed by atoms with E-state index in [2.05, 4.69) is 46.4 Å². The molecule has 2 atom stereocenters. The van der Waals surface area contributed by atoms with Crippen LogP contribution >= 0.6 is 0 Å². The van der Waals surface area contributed by atoms with Gasteiger partial charge in [0.15, 0.2) is 0 Å². The molecule has 3 aromatic rings. The summed E-state index contributed by atoms with van der Waals surface area (Å²) in [4.78, 5) is 14.6. The second kappa shape index (κ2) is 10.1. The Hall–Kier alpha value is -2.70. The topological polar surface area (TPSA) is 70.2 Å². The summed E-state index contributed by atoms with van der Waals surface area (Å²) >= 11 is 0. The minimum absolute atomic E-state index is 0.158. The molecule has 0 radical (unpaired) electrons. The Morgan fingerprint density at radius 3 is 2.61 bits per heavy atom. The van der Waals surface area contributed by atoms with Gasteiger partial charge in [0.1, 0.15) is 0 Å². The van der Waals surface area contributed by atoms with Gasteiger partial charge in [0.05, 0.1) is 23.3 Å². The number of rotatable bonds is 8. The average molecular weight is 421 g/mol. The Kier molecular flexibility index (Phi) is 6.99. The maximum Gasteiger partial charge on any atom is 0.272 e. The summed E-state index contributed by atoms with van der Waals surface area (Å²) in [5.41, 5.74) is 2.71. The fourth-order valence-corrected chi connectivity index (χ4v) is 4.45. The number of ether oxygens (including phenoxy) is 1. The molecule has 2 N–H and O–H groups in total. The fourth-order valence-electron chi connectivity index (χ4n) is 4.45. The van der Waals surface area contributed by atoms with Gasteiger partial charge in [-0.3, -0.25) is 9.69 Å². The number of anilines is 1. The summed E-state index contributed by atoms with van der Waals surface area (Å²) in [7, 11) is 0. The predicted molar refractivity (Wildman–Crippen MR) is 127 cm³/mol. The zero-order valence-corrected chi connectivity index (χ0v) is 18.4. The van der Waals surface area contributed by atoms with Gasteiger partial charge in [-0.1, -0.05) is 36.8 Å². The number of H-pyrrole nitrogens is 1. The van der Waals surface area contributed by atoms with Crippen molar-refractivity contribution < 1.29 is 4.74 Å². The lowest BCUT2D eigenvalue weighted by molar-refractivity contribution is -0.0681. The van der Waals surface area contributed by atoms with Crippen LogP contribution in [-0.2, 0) is 4.74 Å². The number of aromatic amines is 1. The van der Waals surface area contributed by atoms with Crippen LogP contribution in [0.15, 0.2) is 53.3 Å². The Morgan fingerprint density at radius 2 is 1.81 bits per heavy atom. The number of unbranched alkanes of at least 4 members (excludes halogenated alkanes) is 2. The lowest BCUT2D eigenvalue weighted by Gasteiger charge is -2.35. The van der Waals surface area contributed by atoms with Gasteiger partial charge in [0.2, 0.25) is 0 Å². The average Bonchev–Trinajstić information content (AvgIpc) is 2.76. The summed E-state index contributed by atoms with van der Waals surface area (Å²) in [6, 6.07) is 15.8. The first-order valence-corrected chi connectivity index (χ1v) is 11.3. The van der Waals surface area contributed by atoms with Crippen molar-refractivity contribution in [2.75, 3.05) is 31.5 Å². The first-order valence-electron chi connectivity index (χ1n) is 11.3. The van der Waals surface area contributed by atoms with Gasteiger partial charge >= 0.3 is 0 Å². The van der Waals surface area contributed by atoms with Crippen LogP contribution in [0.2, 0.25) is 0 Å². The third-order valence-electron chi connectivity index (χ3n) is 5.81. The van der Waals surface area contributed by atoms with E-state index >= 15 is 0 Å². The lowest BCUT2D eigenvalue weighted by atomic mass is 10.0. The van der Waals surface area contributed by atoms with Crippen LogP contribution < -0.4 is 10.9 Å². The Labute approximate surface area is 183 Å². The summed E-state index contributed by atoms with van der Waals surface area (Å²) < 4.78 is 5.81. The molecule has 1 aliphatic rings. The Balaban J connectivity index is 1.29. The molecule has 1 fully saturated rings. The van der Waals surface area contributed by atoms with Crippen LogP contribution in [0.4, 0.5) is 5.69 Å². The minimum Gasteiger partial charge on any atom is -0.385 e. The van der Waals surface area contributed by atoms with E-state index in [4.69, 9.17) is 4.74 Å². The second-order valence-corrected chi connectivity index (χ2v) is 8.53. The van der Waals surface area contributed by atoms with Crippen LogP contribution in [0.5, 0.6) is 0 Å². The number of benzene rings is 2. The number of hydrogen-bond acceptors (Lipinski definition) is 5. The Morgan fingerprint density at radius 1 is 1.03 bits per heavy atom. The SMILES string of the molecule is CC1CN(CCCCCNc2cccc(-c3n[nH]c(=O)c4ccccc34)c2)CC(C)O1. The third-order valence-corrected chi connectivity index (χ3v) is 5.81. The highest BCUT2D eigenvalue weighted by atomic mass is 16.5. The van der Waals surface area contributed by atoms with Gasteiger partial charge in [-0.05, 0) is 51.4 Å². The van der Waals surface area contributed by atoms with Crippen molar-refractivity contribution in [1.82, 2.24) is 15.1 Å². The van der Waals surface area contributed by atoms with Gasteiger partial charge < -0.3 is 10.1 Å². The standard InChI is InChI=1S/C25H32N4O2/c1-18-16-29(17-19(2)31-18)14-7-3-6-13-26-21-10-8-9-20(15-21)24-22-11-4-5-12-23(22)25(30)28-27-24/h4-5,8-12,15,18-19,26H,3,6-7,13-14,16-17H2,1-2H3,(H,28,30). The summed E-state index contributed by atoms with van der Waals surface area (Å²) in [5, 5.41) is 12.0. The van der Waals surface area contributed by atoms with Crippen LogP contribution in [0, 0.1) is 0 Å². The molecular formula is C25H32N4O2. The molecule has 2 unspecified atom stereocenters. The van der Waals surface area contributed by atoms with Crippen molar-refractivity contribution >= 4 is 16.5 Å². The lowest BCUT2D eigenvalue weighted by Crippen LogP contribution is -2.45. The van der Waals surface area contributed by atoms with Gasteiger partial charge in [-0.15, -0.1) is 0 Å². The molecule has 2 heterocycles. The highest BCUT2D eigenvalue weighted by molar-refractivity contribution is 5.94. The Bertz CT molecular complexity index is 1050. The molecule has 0 saturated carbocycles. The smallest absolute Gasteiger partial charge is 0.272 e. The first kappa shape index (κ1) is 21.5. The largest absolute Gasteiger partial charge is 0.385 e. The normalized spacial score (nSPS) is 19.5. The molecule has 1 aliphatic heterocycles. The molecule has 0 bridgehead atoms. The highest BCUT2D eigenvalue weighted by Crippen LogP contribution is 2.26. The minimum atomic E-state index is -0.158. The van der Waals surface area contributed by atoms with E-state index in [0.29, 0.717) is 17.6 Å². The first-order chi connectivity index (χ1) is 15.1. The molecule has 0 aliphatic carbocycles. The van der Waals surface area contributed by atoms with Gasteiger partial charge in [0, 0.05) is 36.3 Å². The van der Waals surface area contributed by atoms with Crippen molar-refractivity contribution in [2.24, 2.45) is 0 Å². The van der Waals surface area contributed by atoms with E-state index in [1.54, 1.807) is 0 Å². The highest BCUT2D eigenvalue weighted by Gasteiger charge is 2.21. The van der Waals surface area contributed by atoms with E-state index < -0.39 is 0 Å². The maximum absolute atomic E-state index is 12.1. The molecule has 0 amide bonds. The number of nitrogens with one attached hydrogen (secondary N) is 2. The summed E-state index contributed by atoms with van der Waals surface area (Å²) in [5.74, 6) is 0. The van der Waals surface area contributed by atoms with Crippen molar-refractivity contribution in [3.8, 4) is 11.3 Å². The molecule has 1 aromatic heterocycles. The second-order valence-electron chi connectivity index (χ2n) is 8.53. The van der Waals surface area contributed by atoms with Crippen LogP contribution in [0.3, 0.4) is 0 Å². The van der Waals surface area contributed by atoms with Crippen molar-refractivity contribution in [1.29, 1.82) is 0 Å². The number of nitrogens with zero attached hydrogens (tertiary/aromatic N) is 2. The molecule has 4 rings (SSSR count). The number of hydrogen-bond donors (Lipinski definition) is 2. The monoisotopic (exact) mass is 420 g/mol. The van der Waals surface area contributed by atoms with Crippen LogP contribution in [-0.4, -0.2) is 53.5 Å². The molecule has 6 nitrogen and oxygen atoms in total. The van der Waals surface area contributed by atoms with Gasteiger partial charge in [0.25, 0.3) is 5.56 Å². The van der Waals surface area contributed by atoms with E-state index in [9.17, 15) is 4.79 Å². The van der Waals surface area contributed by atoms with Crippen LogP contribution in [0.25, 0.3) is 22.0 Å². The summed E-state index contributed by atoms with van der Waals surface area (Å²) in [6.45, 7) is 8.50. The van der Waals surface area contributed by atoms with E-state index in [1.807, 2.05) is 36.4 Å². The van der Waals surface area contributed by atoms with E-state index in [-0.39, 0.29) is 5.56 Å². The number of morpholine rings is 1. The van der Waals surface area contributed by atoms with E-state index in [1.165, 1.54) is 12.8 Å². The van der Waals surface area contributed by atoms with Crippen LogP contribution in [0.1, 0.15) is 33.1 Å². The third kappa shape index (κ3) is 5.51. The predicted octanol–water partition coefficient (Wildman–Crippen LogP) is 4.28. The van der Waals surface area contributed by atoms with Gasteiger partial charge in [-0.25, -0.2) is 5.10 Å². The zero-order valence-electron chi connectivity index (χ0n) is 18.4. The molecule has 164 valence electrons. The molecule has 0 spiro atoms. The van der Waals surface area contributed by atoms with Crippen molar-refractivity contribution in [3.05, 3.63) is 58.9 Å². The molecule has 2 aromatic carbocycles. The van der Waals surface area contributed by atoms with Crippen molar-refractivity contribution in [3.63, 3.8) is 0 Å². The molecule has 6 heteroatoms. The molecule has 1 saturated heterocycles. The van der Waals surface area contributed by atoms with E-state index in [0.717, 1.165) is 54.9 Å². The van der Waals surface area contributed by atoms with Crippen molar-refractivity contribution in [2.45, 2.75) is 45.3 Å². The zero-order chi connectivity index (χ0) is 21.6. The fraction of sp³-hybridized carbons (Fsp3) is 0.440. The summed E-state index contributed by atoms with van der Waals surface area (Å²) in [6.07, 6.45) is 4.24. The molecule has 31 heavy (non-hydrogen) atoms. The quantitative estimate of drug-likeness (QED) is 0.532.